The van der Waals surface area contributed by atoms with E-state index in [0.717, 1.165) is 12.0 Å². The minimum atomic E-state index is -0.717. The molecule has 0 spiro atoms. The Kier molecular flexibility index (Phi) is 4.74. The van der Waals surface area contributed by atoms with Crippen molar-refractivity contribution in [3.63, 3.8) is 0 Å². The van der Waals surface area contributed by atoms with Crippen LogP contribution in [0.3, 0.4) is 0 Å². The van der Waals surface area contributed by atoms with Crippen LogP contribution in [0.1, 0.15) is 29.7 Å². The number of halogens is 1. The summed E-state index contributed by atoms with van der Waals surface area (Å²) in [4.78, 5) is 0. The molecule has 20 heavy (non-hydrogen) atoms. The van der Waals surface area contributed by atoms with Gasteiger partial charge in [0.05, 0.1) is 0 Å². The maximum atomic E-state index is 13.4. The van der Waals surface area contributed by atoms with E-state index in [1.54, 1.807) is 19.1 Å². The maximum absolute atomic E-state index is 13.4. The lowest BCUT2D eigenvalue weighted by molar-refractivity contribution is 0.108. The maximum Gasteiger partial charge on any atom is 0.129 e. The molecule has 2 rings (SSSR count). The molecule has 2 aromatic rings. The Bertz CT molecular complexity index is 564. The standard InChI is InChI=1S/C17H19FO2/c1-3-13-5-7-14(8-6-13)17(19)11-20-15-9-4-12(2)16(18)10-15/h4-10,17,19H,3,11H2,1-2H3. The number of hydrogen-bond donors (Lipinski definition) is 1. The van der Waals surface area contributed by atoms with Crippen LogP contribution in [0.2, 0.25) is 0 Å². The summed E-state index contributed by atoms with van der Waals surface area (Å²) >= 11 is 0. The van der Waals surface area contributed by atoms with Gasteiger partial charge in [0.15, 0.2) is 0 Å². The summed E-state index contributed by atoms with van der Waals surface area (Å²) in [5.41, 5.74) is 2.60. The predicted octanol–water partition coefficient (Wildman–Crippen LogP) is 3.81. The highest BCUT2D eigenvalue weighted by Gasteiger charge is 2.09. The molecule has 3 heteroatoms. The fraction of sp³-hybridized carbons (Fsp3) is 0.294. The van der Waals surface area contributed by atoms with Crippen LogP contribution in [0.4, 0.5) is 4.39 Å². The summed E-state index contributed by atoms with van der Waals surface area (Å²) in [6.07, 6.45) is 0.250. The number of aliphatic hydroxyl groups is 1. The average Bonchev–Trinajstić information content (AvgIpc) is 2.48. The molecule has 1 atom stereocenters. The number of benzene rings is 2. The molecule has 0 heterocycles. The van der Waals surface area contributed by atoms with E-state index in [1.165, 1.54) is 11.6 Å². The van der Waals surface area contributed by atoms with E-state index >= 15 is 0 Å². The molecule has 1 N–H and O–H groups in total. The van der Waals surface area contributed by atoms with Gasteiger partial charge in [0.1, 0.15) is 24.3 Å². The molecule has 0 bridgehead atoms. The van der Waals surface area contributed by atoms with Crippen LogP contribution in [-0.4, -0.2) is 11.7 Å². The molecule has 0 aliphatic carbocycles. The highest BCUT2D eigenvalue weighted by molar-refractivity contribution is 5.28. The molecule has 106 valence electrons. The second kappa shape index (κ2) is 6.53. The van der Waals surface area contributed by atoms with Gasteiger partial charge in [0.25, 0.3) is 0 Å². The number of ether oxygens (including phenoxy) is 1. The summed E-state index contributed by atoms with van der Waals surface area (Å²) in [7, 11) is 0. The van der Waals surface area contributed by atoms with Crippen LogP contribution in [-0.2, 0) is 6.42 Å². The molecule has 1 unspecified atom stereocenters. The van der Waals surface area contributed by atoms with Crippen LogP contribution < -0.4 is 4.74 Å². The van der Waals surface area contributed by atoms with Gasteiger partial charge in [-0.15, -0.1) is 0 Å². The number of aliphatic hydroxyl groups excluding tert-OH is 1. The molecule has 0 aliphatic heterocycles. The molecule has 0 aliphatic rings. The van der Waals surface area contributed by atoms with Crippen molar-refractivity contribution in [2.24, 2.45) is 0 Å². The normalized spacial score (nSPS) is 12.2. The first kappa shape index (κ1) is 14.5. The zero-order valence-corrected chi connectivity index (χ0v) is 11.8. The Labute approximate surface area is 118 Å². The van der Waals surface area contributed by atoms with E-state index in [4.69, 9.17) is 4.74 Å². The monoisotopic (exact) mass is 274 g/mol. The Balaban J connectivity index is 1.96. The minimum Gasteiger partial charge on any atom is -0.490 e. The third-order valence-corrected chi connectivity index (χ3v) is 3.32. The van der Waals surface area contributed by atoms with E-state index in [9.17, 15) is 9.50 Å². The molecular weight excluding hydrogens is 255 g/mol. The van der Waals surface area contributed by atoms with Gasteiger partial charge < -0.3 is 9.84 Å². The predicted molar refractivity (Wildman–Crippen MR) is 77.4 cm³/mol. The topological polar surface area (TPSA) is 29.5 Å². The molecule has 0 saturated heterocycles. The van der Waals surface area contributed by atoms with Crippen LogP contribution in [0.15, 0.2) is 42.5 Å². The third kappa shape index (κ3) is 3.58. The van der Waals surface area contributed by atoms with E-state index in [0.29, 0.717) is 11.3 Å². The van der Waals surface area contributed by atoms with Crippen molar-refractivity contribution in [1.82, 2.24) is 0 Å². The summed E-state index contributed by atoms with van der Waals surface area (Å²) < 4.78 is 18.8. The van der Waals surface area contributed by atoms with Crippen molar-refractivity contribution in [2.45, 2.75) is 26.4 Å². The quantitative estimate of drug-likeness (QED) is 0.898. The number of rotatable bonds is 5. The summed E-state index contributed by atoms with van der Waals surface area (Å²) in [5, 5.41) is 10.1. The Morgan fingerprint density at radius 3 is 2.45 bits per heavy atom. The van der Waals surface area contributed by atoms with Gasteiger partial charge >= 0.3 is 0 Å². The molecule has 0 saturated carbocycles. The fourth-order valence-corrected chi connectivity index (χ4v) is 1.91. The van der Waals surface area contributed by atoms with E-state index < -0.39 is 6.10 Å². The Morgan fingerprint density at radius 2 is 1.85 bits per heavy atom. The van der Waals surface area contributed by atoms with Crippen molar-refractivity contribution >= 4 is 0 Å². The van der Waals surface area contributed by atoms with Crippen LogP contribution in [0.25, 0.3) is 0 Å². The third-order valence-electron chi connectivity index (χ3n) is 3.32. The molecular formula is C17H19FO2. The lowest BCUT2D eigenvalue weighted by Crippen LogP contribution is -2.09. The molecule has 2 aromatic carbocycles. The molecule has 0 radical (unpaired) electrons. The van der Waals surface area contributed by atoms with E-state index in [2.05, 4.69) is 6.92 Å². The number of aryl methyl sites for hydroxylation is 2. The van der Waals surface area contributed by atoms with E-state index in [1.807, 2.05) is 24.3 Å². The lowest BCUT2D eigenvalue weighted by Gasteiger charge is -2.13. The number of hydrogen-bond acceptors (Lipinski definition) is 2. The van der Waals surface area contributed by atoms with Gasteiger partial charge in [-0.05, 0) is 36.1 Å². The minimum absolute atomic E-state index is 0.105. The van der Waals surface area contributed by atoms with Gasteiger partial charge in [-0.2, -0.15) is 0 Å². The largest absolute Gasteiger partial charge is 0.490 e. The Morgan fingerprint density at radius 1 is 1.15 bits per heavy atom. The highest BCUT2D eigenvalue weighted by Crippen LogP contribution is 2.19. The SMILES string of the molecule is CCc1ccc(C(O)COc2ccc(C)c(F)c2)cc1. The lowest BCUT2D eigenvalue weighted by atomic mass is 10.1. The molecule has 0 fully saturated rings. The van der Waals surface area contributed by atoms with Gasteiger partial charge in [-0.25, -0.2) is 4.39 Å². The first-order valence-corrected chi connectivity index (χ1v) is 6.76. The van der Waals surface area contributed by atoms with Crippen LogP contribution >= 0.6 is 0 Å². The highest BCUT2D eigenvalue weighted by atomic mass is 19.1. The first-order chi connectivity index (χ1) is 9.60. The summed E-state index contributed by atoms with van der Waals surface area (Å²) in [6, 6.07) is 12.5. The van der Waals surface area contributed by atoms with Crippen molar-refractivity contribution in [2.75, 3.05) is 6.61 Å². The van der Waals surface area contributed by atoms with E-state index in [-0.39, 0.29) is 12.4 Å². The zero-order chi connectivity index (χ0) is 14.5. The van der Waals surface area contributed by atoms with Gasteiger partial charge in [-0.3, -0.25) is 0 Å². The summed E-state index contributed by atoms with van der Waals surface area (Å²) in [5.74, 6) is 0.126. The van der Waals surface area contributed by atoms with Gasteiger partial charge in [0, 0.05) is 6.07 Å². The van der Waals surface area contributed by atoms with Crippen molar-refractivity contribution < 1.29 is 14.2 Å². The zero-order valence-electron chi connectivity index (χ0n) is 11.8. The van der Waals surface area contributed by atoms with Gasteiger partial charge in [0.2, 0.25) is 0 Å². The van der Waals surface area contributed by atoms with Crippen molar-refractivity contribution in [1.29, 1.82) is 0 Å². The molecule has 0 amide bonds. The summed E-state index contributed by atoms with van der Waals surface area (Å²) in [6.45, 7) is 3.89. The fourth-order valence-electron chi connectivity index (χ4n) is 1.91. The second-order valence-corrected chi connectivity index (χ2v) is 4.83. The van der Waals surface area contributed by atoms with Crippen LogP contribution in [0.5, 0.6) is 5.75 Å². The van der Waals surface area contributed by atoms with Gasteiger partial charge in [-0.1, -0.05) is 37.3 Å². The second-order valence-electron chi connectivity index (χ2n) is 4.83. The van der Waals surface area contributed by atoms with Crippen LogP contribution in [0, 0.1) is 12.7 Å². The first-order valence-electron chi connectivity index (χ1n) is 6.76. The smallest absolute Gasteiger partial charge is 0.129 e. The van der Waals surface area contributed by atoms with Crippen molar-refractivity contribution in [3.05, 3.63) is 65.0 Å². The van der Waals surface area contributed by atoms with Crippen molar-refractivity contribution in [3.8, 4) is 5.75 Å². The molecule has 0 aromatic heterocycles. The average molecular weight is 274 g/mol. The molecule has 2 nitrogen and oxygen atoms in total. The Hall–Kier alpha value is -1.87.